The number of nitrogens with zero attached hydrogens (tertiary/aromatic N) is 4. The number of amides is 1. The highest BCUT2D eigenvalue weighted by Gasteiger charge is 2.44. The highest BCUT2D eigenvalue weighted by molar-refractivity contribution is 5.76. The van der Waals surface area contributed by atoms with E-state index in [1.54, 1.807) is 6.07 Å². The van der Waals surface area contributed by atoms with E-state index in [9.17, 15) is 9.59 Å². The molecular formula is C24H25N5O2. The molecule has 1 atom stereocenters. The average Bonchev–Trinajstić information content (AvgIpc) is 3.16. The average molecular weight is 415 g/mol. The summed E-state index contributed by atoms with van der Waals surface area (Å²) in [5, 5.41) is 6.44. The maximum Gasteiger partial charge on any atom is 0.264 e. The molecule has 3 aromatic rings. The van der Waals surface area contributed by atoms with Gasteiger partial charge in [-0.15, -0.1) is 0 Å². The molecule has 2 aliphatic rings. The topological polar surface area (TPSA) is 91.8 Å². The second-order valence-electron chi connectivity index (χ2n) is 8.55. The van der Waals surface area contributed by atoms with Gasteiger partial charge in [-0.1, -0.05) is 30.3 Å². The van der Waals surface area contributed by atoms with Crippen molar-refractivity contribution in [1.82, 2.24) is 25.1 Å². The Hall–Kier alpha value is -3.35. The lowest BCUT2D eigenvalue weighted by molar-refractivity contribution is -0.133. The molecule has 1 aliphatic carbocycles. The van der Waals surface area contributed by atoms with Crippen LogP contribution in [0.3, 0.4) is 0 Å². The Bertz CT molecular complexity index is 1140. The van der Waals surface area contributed by atoms with Gasteiger partial charge in [0, 0.05) is 49.2 Å². The number of rotatable bonds is 4. The highest BCUT2D eigenvalue weighted by atomic mass is 16.2. The molecular weight excluding hydrogens is 390 g/mol. The molecule has 2 aromatic heterocycles. The Morgan fingerprint density at radius 2 is 2.00 bits per heavy atom. The van der Waals surface area contributed by atoms with Gasteiger partial charge in [0.1, 0.15) is 0 Å². The Morgan fingerprint density at radius 3 is 2.81 bits per heavy atom. The number of likely N-dealkylation sites (tertiary alicyclic amines) is 1. The van der Waals surface area contributed by atoms with Crippen molar-refractivity contribution in [2.75, 3.05) is 13.1 Å². The van der Waals surface area contributed by atoms with E-state index in [0.29, 0.717) is 19.4 Å². The minimum atomic E-state index is -0.232. The maximum absolute atomic E-state index is 13.0. The van der Waals surface area contributed by atoms with E-state index >= 15 is 0 Å². The zero-order valence-electron chi connectivity index (χ0n) is 17.4. The summed E-state index contributed by atoms with van der Waals surface area (Å²) < 4.78 is 0. The number of hydrogen-bond donors (Lipinski definition) is 1. The third kappa shape index (κ3) is 3.87. The van der Waals surface area contributed by atoms with Crippen LogP contribution in [0.15, 0.2) is 53.5 Å². The molecule has 1 N–H and O–H groups in total. The lowest BCUT2D eigenvalue weighted by Crippen LogP contribution is -2.48. The molecule has 0 bridgehead atoms. The second kappa shape index (κ2) is 8.06. The summed E-state index contributed by atoms with van der Waals surface area (Å²) in [6, 6.07) is 13.2. The van der Waals surface area contributed by atoms with E-state index in [-0.39, 0.29) is 16.9 Å². The molecule has 7 heteroatoms. The fourth-order valence-corrected chi connectivity index (χ4v) is 4.92. The van der Waals surface area contributed by atoms with Gasteiger partial charge in [0.05, 0.1) is 11.4 Å². The van der Waals surface area contributed by atoms with Gasteiger partial charge < -0.3 is 4.90 Å². The zero-order valence-corrected chi connectivity index (χ0v) is 17.4. The first-order valence-corrected chi connectivity index (χ1v) is 10.9. The van der Waals surface area contributed by atoms with Crippen LogP contribution < -0.4 is 5.56 Å². The summed E-state index contributed by atoms with van der Waals surface area (Å²) in [4.78, 5) is 35.7. The second-order valence-corrected chi connectivity index (χ2v) is 8.55. The van der Waals surface area contributed by atoms with E-state index in [1.165, 1.54) is 11.6 Å². The lowest BCUT2D eigenvalue weighted by Gasteiger charge is -2.40. The molecule has 0 radical (unpaired) electrons. The number of aromatic nitrogens is 4. The first-order valence-electron chi connectivity index (χ1n) is 10.9. The molecule has 3 heterocycles. The molecule has 1 fully saturated rings. The van der Waals surface area contributed by atoms with E-state index < -0.39 is 0 Å². The van der Waals surface area contributed by atoms with E-state index in [0.717, 1.165) is 55.0 Å². The Balaban J connectivity index is 1.34. The number of fused-ring (bicyclic) bond motifs is 2. The maximum atomic E-state index is 13.0. The standard InChI is InChI=1S/C24H25N5O2/c30-20-9-7-19(27-28-20)8-10-21(31)29-14-4-12-24(16-29)13-11-18-15-25-23(26-22(18)24)17-5-2-1-3-6-17/h1-3,5-7,9,15H,4,8,10-14,16H2,(H,28,30). The van der Waals surface area contributed by atoms with Gasteiger partial charge in [0.25, 0.3) is 5.56 Å². The fourth-order valence-electron chi connectivity index (χ4n) is 4.92. The van der Waals surface area contributed by atoms with Crippen molar-refractivity contribution < 1.29 is 4.79 Å². The summed E-state index contributed by atoms with van der Waals surface area (Å²) in [5.41, 5.74) is 3.78. The van der Waals surface area contributed by atoms with E-state index in [1.807, 2.05) is 41.4 Å². The number of nitrogens with one attached hydrogen (secondary N) is 1. The Morgan fingerprint density at radius 1 is 1.13 bits per heavy atom. The Labute approximate surface area is 180 Å². The molecule has 1 spiro atoms. The van der Waals surface area contributed by atoms with Gasteiger partial charge in [-0.3, -0.25) is 9.59 Å². The molecule has 1 saturated heterocycles. The SMILES string of the molecule is O=C(CCc1ccc(=O)[nH]n1)N1CCCC2(CCc3cnc(-c4ccccc4)nc32)C1. The first kappa shape index (κ1) is 19.6. The summed E-state index contributed by atoms with van der Waals surface area (Å²) >= 11 is 0. The fraction of sp³-hybridized carbons (Fsp3) is 0.375. The third-order valence-corrected chi connectivity index (χ3v) is 6.53. The van der Waals surface area contributed by atoms with Crippen LogP contribution in [0.4, 0.5) is 0 Å². The van der Waals surface area contributed by atoms with Crippen molar-refractivity contribution in [2.45, 2.75) is 43.9 Å². The van der Waals surface area contributed by atoms with Crippen LogP contribution in [0.5, 0.6) is 0 Å². The molecule has 0 saturated carbocycles. The van der Waals surface area contributed by atoms with Gasteiger partial charge in [0.2, 0.25) is 5.91 Å². The molecule has 1 unspecified atom stereocenters. The minimum absolute atomic E-state index is 0.0774. The lowest BCUT2D eigenvalue weighted by atomic mass is 9.77. The van der Waals surface area contributed by atoms with Gasteiger partial charge in [-0.25, -0.2) is 15.1 Å². The summed E-state index contributed by atoms with van der Waals surface area (Å²) in [6.45, 7) is 1.49. The first-order chi connectivity index (χ1) is 15.1. The number of benzene rings is 1. The number of aryl methyl sites for hydroxylation is 2. The summed E-state index contributed by atoms with van der Waals surface area (Å²) in [6.07, 6.45) is 6.90. The molecule has 1 amide bonds. The van der Waals surface area contributed by atoms with Crippen LogP contribution >= 0.6 is 0 Å². The van der Waals surface area contributed by atoms with Crippen LogP contribution in [0, 0.1) is 0 Å². The van der Waals surface area contributed by atoms with Gasteiger partial charge >= 0.3 is 0 Å². The van der Waals surface area contributed by atoms with Gasteiger partial charge in [0.15, 0.2) is 5.82 Å². The third-order valence-electron chi connectivity index (χ3n) is 6.53. The van der Waals surface area contributed by atoms with Gasteiger partial charge in [-0.05, 0) is 37.3 Å². The van der Waals surface area contributed by atoms with Crippen LogP contribution in [0.2, 0.25) is 0 Å². The smallest absolute Gasteiger partial charge is 0.264 e. The van der Waals surface area contributed by atoms with Crippen LogP contribution in [0.1, 0.15) is 42.6 Å². The monoisotopic (exact) mass is 415 g/mol. The number of carbonyl (C=O) groups excluding carboxylic acids is 1. The highest BCUT2D eigenvalue weighted by Crippen LogP contribution is 2.44. The molecule has 5 rings (SSSR count). The molecule has 1 aromatic carbocycles. The number of hydrogen-bond acceptors (Lipinski definition) is 5. The van der Waals surface area contributed by atoms with Crippen molar-refractivity contribution in [3.63, 3.8) is 0 Å². The quantitative estimate of drug-likeness (QED) is 0.707. The molecule has 158 valence electrons. The van der Waals surface area contributed by atoms with Crippen molar-refractivity contribution >= 4 is 5.91 Å². The Kier molecular flexibility index (Phi) is 5.10. The summed E-state index contributed by atoms with van der Waals surface area (Å²) in [7, 11) is 0. The van der Waals surface area contributed by atoms with Crippen LogP contribution in [0.25, 0.3) is 11.4 Å². The minimum Gasteiger partial charge on any atom is -0.342 e. The zero-order chi connectivity index (χ0) is 21.3. The predicted molar refractivity (Wildman–Crippen MR) is 116 cm³/mol. The summed E-state index contributed by atoms with van der Waals surface area (Å²) in [5.74, 6) is 0.895. The van der Waals surface area contributed by atoms with E-state index in [4.69, 9.17) is 4.98 Å². The molecule has 31 heavy (non-hydrogen) atoms. The van der Waals surface area contributed by atoms with Crippen LogP contribution in [-0.4, -0.2) is 44.1 Å². The van der Waals surface area contributed by atoms with Crippen molar-refractivity contribution in [2.24, 2.45) is 0 Å². The predicted octanol–water partition coefficient (Wildman–Crippen LogP) is 2.67. The number of carbonyl (C=O) groups is 1. The normalized spacial score (nSPS) is 20.1. The van der Waals surface area contributed by atoms with Crippen LogP contribution in [-0.2, 0) is 23.1 Å². The van der Waals surface area contributed by atoms with Gasteiger partial charge in [-0.2, -0.15) is 5.10 Å². The molecule has 1 aliphatic heterocycles. The number of aromatic amines is 1. The number of piperidine rings is 1. The van der Waals surface area contributed by atoms with E-state index in [2.05, 4.69) is 15.2 Å². The van der Waals surface area contributed by atoms with Crippen molar-refractivity contribution in [1.29, 1.82) is 0 Å². The van der Waals surface area contributed by atoms with Crippen molar-refractivity contribution in [3.05, 3.63) is 76.0 Å². The van der Waals surface area contributed by atoms with Crippen molar-refractivity contribution in [3.8, 4) is 11.4 Å². The largest absolute Gasteiger partial charge is 0.342 e. The number of H-pyrrole nitrogens is 1. The molecule has 7 nitrogen and oxygen atoms in total.